The predicted octanol–water partition coefficient (Wildman–Crippen LogP) is 3.71. The van der Waals surface area contributed by atoms with Crippen LogP contribution in [0.15, 0.2) is 59.0 Å². The van der Waals surface area contributed by atoms with Gasteiger partial charge in [0.2, 0.25) is 5.89 Å². The lowest BCUT2D eigenvalue weighted by Gasteiger charge is -1.98. The SMILES string of the molecule is Cc1cccc(/C=C/C(=O)OCc2nnc(-c3ccc([N+](=O)[O-])cc3)o2)c1. The first-order chi connectivity index (χ1) is 13.0. The molecule has 0 amide bonds. The predicted molar refractivity (Wildman–Crippen MR) is 96.4 cm³/mol. The lowest BCUT2D eigenvalue weighted by atomic mass is 10.1. The summed E-state index contributed by atoms with van der Waals surface area (Å²) in [7, 11) is 0. The third-order valence-corrected chi connectivity index (χ3v) is 3.58. The number of rotatable bonds is 6. The number of carbonyl (C=O) groups is 1. The minimum absolute atomic E-state index is 0.0344. The monoisotopic (exact) mass is 365 g/mol. The molecule has 0 saturated carbocycles. The summed E-state index contributed by atoms with van der Waals surface area (Å²) in [6, 6.07) is 13.4. The number of hydrogen-bond donors (Lipinski definition) is 0. The number of nitro benzene ring substituents is 1. The van der Waals surface area contributed by atoms with Crippen molar-refractivity contribution in [2.45, 2.75) is 13.5 Å². The maximum absolute atomic E-state index is 11.8. The molecule has 27 heavy (non-hydrogen) atoms. The fourth-order valence-electron chi connectivity index (χ4n) is 2.27. The van der Waals surface area contributed by atoms with Crippen LogP contribution >= 0.6 is 0 Å². The van der Waals surface area contributed by atoms with Crippen molar-refractivity contribution in [3.05, 3.63) is 81.7 Å². The van der Waals surface area contributed by atoms with E-state index in [4.69, 9.17) is 9.15 Å². The van der Waals surface area contributed by atoms with Crippen LogP contribution in [-0.4, -0.2) is 21.1 Å². The summed E-state index contributed by atoms with van der Waals surface area (Å²) in [5.74, 6) is -0.224. The number of carbonyl (C=O) groups excluding carboxylic acids is 1. The van der Waals surface area contributed by atoms with Crippen LogP contribution in [0.25, 0.3) is 17.5 Å². The van der Waals surface area contributed by atoms with Gasteiger partial charge < -0.3 is 9.15 Å². The van der Waals surface area contributed by atoms with E-state index in [2.05, 4.69) is 10.2 Å². The second kappa shape index (κ2) is 8.05. The average Bonchev–Trinajstić information content (AvgIpc) is 3.14. The van der Waals surface area contributed by atoms with Gasteiger partial charge in [-0.15, -0.1) is 10.2 Å². The Labute approximate surface area is 154 Å². The van der Waals surface area contributed by atoms with Crippen LogP contribution in [0.4, 0.5) is 5.69 Å². The second-order valence-corrected chi connectivity index (χ2v) is 5.66. The molecule has 0 saturated heterocycles. The molecule has 0 bridgehead atoms. The Morgan fingerprint density at radius 3 is 2.70 bits per heavy atom. The van der Waals surface area contributed by atoms with Crippen molar-refractivity contribution in [1.29, 1.82) is 0 Å². The van der Waals surface area contributed by atoms with E-state index in [-0.39, 0.29) is 24.1 Å². The first-order valence-electron chi connectivity index (χ1n) is 8.00. The van der Waals surface area contributed by atoms with Gasteiger partial charge in [0.1, 0.15) is 0 Å². The molecule has 0 fully saturated rings. The van der Waals surface area contributed by atoms with Crippen molar-refractivity contribution >= 4 is 17.7 Å². The fraction of sp³-hybridized carbons (Fsp3) is 0.105. The average molecular weight is 365 g/mol. The highest BCUT2D eigenvalue weighted by molar-refractivity contribution is 5.87. The molecular weight excluding hydrogens is 350 g/mol. The molecule has 0 radical (unpaired) electrons. The molecule has 3 aromatic rings. The number of nitro groups is 1. The summed E-state index contributed by atoms with van der Waals surface area (Å²) in [6.45, 7) is 1.80. The van der Waals surface area contributed by atoms with E-state index >= 15 is 0 Å². The molecular formula is C19H15N3O5. The summed E-state index contributed by atoms with van der Waals surface area (Å²) >= 11 is 0. The smallest absolute Gasteiger partial charge is 0.331 e. The Balaban J connectivity index is 1.57. The summed E-state index contributed by atoms with van der Waals surface area (Å²) < 4.78 is 10.5. The van der Waals surface area contributed by atoms with Crippen LogP contribution in [0.5, 0.6) is 0 Å². The molecule has 3 rings (SSSR count). The van der Waals surface area contributed by atoms with E-state index in [1.54, 1.807) is 6.08 Å². The van der Waals surface area contributed by atoms with Crippen molar-refractivity contribution in [2.24, 2.45) is 0 Å². The van der Waals surface area contributed by atoms with Gasteiger partial charge in [0, 0.05) is 23.8 Å². The lowest BCUT2D eigenvalue weighted by Crippen LogP contribution is -2.00. The minimum atomic E-state index is -0.536. The number of nitrogens with zero attached hydrogens (tertiary/aromatic N) is 3. The van der Waals surface area contributed by atoms with Crippen LogP contribution < -0.4 is 0 Å². The van der Waals surface area contributed by atoms with Gasteiger partial charge in [-0.1, -0.05) is 29.8 Å². The molecule has 1 heterocycles. The zero-order valence-electron chi connectivity index (χ0n) is 14.4. The molecule has 1 aromatic heterocycles. The van der Waals surface area contributed by atoms with E-state index in [9.17, 15) is 14.9 Å². The topological polar surface area (TPSA) is 108 Å². The Hall–Kier alpha value is -3.81. The summed E-state index contributed by atoms with van der Waals surface area (Å²) in [5, 5.41) is 18.3. The standard InChI is InChI=1S/C19H15N3O5/c1-13-3-2-4-14(11-13)5-10-18(23)26-12-17-20-21-19(27-17)15-6-8-16(9-7-15)22(24)25/h2-11H,12H2,1H3/b10-5+. The molecule has 0 aliphatic carbocycles. The van der Waals surface area contributed by atoms with Gasteiger partial charge in [0.25, 0.3) is 11.6 Å². The zero-order chi connectivity index (χ0) is 19.2. The van der Waals surface area contributed by atoms with Crippen LogP contribution in [0, 0.1) is 17.0 Å². The van der Waals surface area contributed by atoms with E-state index in [1.807, 2.05) is 31.2 Å². The van der Waals surface area contributed by atoms with E-state index < -0.39 is 10.9 Å². The Morgan fingerprint density at radius 1 is 1.22 bits per heavy atom. The highest BCUT2D eigenvalue weighted by Crippen LogP contribution is 2.21. The molecule has 0 N–H and O–H groups in total. The third kappa shape index (κ3) is 4.85. The van der Waals surface area contributed by atoms with E-state index in [1.165, 1.54) is 30.3 Å². The van der Waals surface area contributed by atoms with E-state index in [0.717, 1.165) is 11.1 Å². The van der Waals surface area contributed by atoms with Crippen molar-refractivity contribution in [2.75, 3.05) is 0 Å². The number of non-ortho nitro benzene ring substituents is 1. The number of hydrogen-bond acceptors (Lipinski definition) is 7. The van der Waals surface area contributed by atoms with Gasteiger partial charge in [-0.2, -0.15) is 0 Å². The molecule has 0 atom stereocenters. The van der Waals surface area contributed by atoms with Crippen LogP contribution in [0.2, 0.25) is 0 Å². The highest BCUT2D eigenvalue weighted by Gasteiger charge is 2.12. The van der Waals surface area contributed by atoms with Crippen molar-refractivity contribution in [3.63, 3.8) is 0 Å². The van der Waals surface area contributed by atoms with Gasteiger partial charge in [0.15, 0.2) is 6.61 Å². The maximum Gasteiger partial charge on any atom is 0.331 e. The fourth-order valence-corrected chi connectivity index (χ4v) is 2.27. The highest BCUT2D eigenvalue weighted by atomic mass is 16.6. The zero-order valence-corrected chi connectivity index (χ0v) is 14.4. The first kappa shape index (κ1) is 18.0. The van der Waals surface area contributed by atoms with E-state index in [0.29, 0.717) is 5.56 Å². The van der Waals surface area contributed by atoms with Crippen molar-refractivity contribution in [3.8, 4) is 11.5 Å². The first-order valence-corrected chi connectivity index (χ1v) is 8.00. The normalized spacial score (nSPS) is 10.9. The van der Waals surface area contributed by atoms with Gasteiger partial charge >= 0.3 is 5.97 Å². The molecule has 2 aromatic carbocycles. The molecule has 0 aliphatic heterocycles. The molecule has 136 valence electrons. The van der Waals surface area contributed by atoms with Crippen LogP contribution in [0.1, 0.15) is 17.0 Å². The summed E-state index contributed by atoms with van der Waals surface area (Å²) in [6.07, 6.45) is 2.98. The second-order valence-electron chi connectivity index (χ2n) is 5.66. The van der Waals surface area contributed by atoms with Gasteiger partial charge in [-0.05, 0) is 30.7 Å². The Bertz CT molecular complexity index is 993. The summed E-state index contributed by atoms with van der Waals surface area (Å²) in [4.78, 5) is 22.0. The molecule has 0 aliphatic rings. The lowest BCUT2D eigenvalue weighted by molar-refractivity contribution is -0.384. The summed E-state index contributed by atoms with van der Waals surface area (Å²) in [5.41, 5.74) is 2.48. The quantitative estimate of drug-likeness (QED) is 0.283. The number of ether oxygens (including phenoxy) is 1. The van der Waals surface area contributed by atoms with Crippen molar-refractivity contribution in [1.82, 2.24) is 10.2 Å². The number of benzene rings is 2. The van der Waals surface area contributed by atoms with Crippen LogP contribution in [0.3, 0.4) is 0 Å². The largest absolute Gasteiger partial charge is 0.452 e. The molecule has 8 heteroatoms. The van der Waals surface area contributed by atoms with Crippen LogP contribution in [-0.2, 0) is 16.1 Å². The number of esters is 1. The molecule has 8 nitrogen and oxygen atoms in total. The maximum atomic E-state index is 11.8. The Kier molecular flexibility index (Phi) is 5.36. The number of aryl methyl sites for hydroxylation is 1. The van der Waals surface area contributed by atoms with Gasteiger partial charge in [-0.3, -0.25) is 10.1 Å². The third-order valence-electron chi connectivity index (χ3n) is 3.58. The molecule has 0 unspecified atom stereocenters. The number of aromatic nitrogens is 2. The minimum Gasteiger partial charge on any atom is -0.452 e. The van der Waals surface area contributed by atoms with Gasteiger partial charge in [-0.25, -0.2) is 4.79 Å². The molecule has 0 spiro atoms. The van der Waals surface area contributed by atoms with Gasteiger partial charge in [0.05, 0.1) is 4.92 Å². The van der Waals surface area contributed by atoms with Crippen molar-refractivity contribution < 1.29 is 18.9 Å². The Morgan fingerprint density at radius 2 is 2.00 bits per heavy atom.